The molecular weight excluding hydrogens is 366 g/mol. The minimum Gasteiger partial charge on any atom is -0.354 e. The molecule has 3 aromatic rings. The van der Waals surface area contributed by atoms with Gasteiger partial charge in [0.1, 0.15) is 0 Å². The van der Waals surface area contributed by atoms with Gasteiger partial charge in [-0.3, -0.25) is 4.79 Å². The zero-order chi connectivity index (χ0) is 20.1. The summed E-state index contributed by atoms with van der Waals surface area (Å²) in [7, 11) is 1.96. The maximum Gasteiger partial charge on any atom is 0.274 e. The molecule has 3 heterocycles. The van der Waals surface area contributed by atoms with Crippen LogP contribution in [0.4, 0.5) is 11.8 Å². The molecule has 8 heteroatoms. The Hall–Kier alpha value is -3.55. The van der Waals surface area contributed by atoms with E-state index >= 15 is 0 Å². The van der Waals surface area contributed by atoms with E-state index in [1.54, 1.807) is 29.4 Å². The van der Waals surface area contributed by atoms with Crippen molar-refractivity contribution in [3.63, 3.8) is 0 Å². The highest BCUT2D eigenvalue weighted by molar-refractivity contribution is 5.92. The number of anilines is 2. The standard InChI is InChI=1S/C21H23N7O/c1-26(16-17-6-3-2-4-7-17)19-9-8-18(24-25-19)20(29)27-12-14-28(15-13-27)21-22-10-5-11-23-21/h2-11H,12-16H2,1H3. The number of benzene rings is 1. The highest BCUT2D eigenvalue weighted by Gasteiger charge is 2.24. The number of carbonyl (C=O) groups excluding carboxylic acids is 1. The van der Waals surface area contributed by atoms with Crippen LogP contribution < -0.4 is 9.80 Å². The third kappa shape index (κ3) is 4.48. The Morgan fingerprint density at radius 1 is 0.931 bits per heavy atom. The number of piperazine rings is 1. The van der Waals surface area contributed by atoms with Gasteiger partial charge in [0.15, 0.2) is 11.5 Å². The molecule has 1 aliphatic heterocycles. The lowest BCUT2D eigenvalue weighted by Gasteiger charge is -2.34. The number of hydrogen-bond acceptors (Lipinski definition) is 7. The molecule has 1 fully saturated rings. The quantitative estimate of drug-likeness (QED) is 0.659. The van der Waals surface area contributed by atoms with Gasteiger partial charge in [0.2, 0.25) is 5.95 Å². The molecule has 0 radical (unpaired) electrons. The fourth-order valence-electron chi connectivity index (χ4n) is 3.31. The molecule has 0 bridgehead atoms. The molecule has 8 nitrogen and oxygen atoms in total. The van der Waals surface area contributed by atoms with Crippen LogP contribution in [0.3, 0.4) is 0 Å². The molecule has 1 amide bonds. The molecule has 0 unspecified atom stereocenters. The van der Waals surface area contributed by atoms with Crippen LogP contribution in [-0.4, -0.2) is 64.2 Å². The van der Waals surface area contributed by atoms with Gasteiger partial charge in [-0.2, -0.15) is 0 Å². The average molecular weight is 389 g/mol. The first-order chi connectivity index (χ1) is 14.2. The summed E-state index contributed by atoms with van der Waals surface area (Å²) in [6, 6.07) is 15.6. The maximum atomic E-state index is 12.8. The molecule has 1 aliphatic rings. The van der Waals surface area contributed by atoms with Gasteiger partial charge in [-0.1, -0.05) is 30.3 Å². The summed E-state index contributed by atoms with van der Waals surface area (Å²) in [5.74, 6) is 1.34. The predicted octanol–water partition coefficient (Wildman–Crippen LogP) is 1.87. The number of aromatic nitrogens is 4. The van der Waals surface area contributed by atoms with Crippen molar-refractivity contribution in [2.45, 2.75) is 6.54 Å². The Kier molecular flexibility index (Phi) is 5.60. The highest BCUT2D eigenvalue weighted by Crippen LogP contribution is 2.14. The van der Waals surface area contributed by atoms with E-state index in [-0.39, 0.29) is 5.91 Å². The van der Waals surface area contributed by atoms with E-state index in [0.717, 1.165) is 12.4 Å². The van der Waals surface area contributed by atoms with Crippen LogP contribution in [0.2, 0.25) is 0 Å². The Balaban J connectivity index is 1.35. The Morgan fingerprint density at radius 3 is 2.31 bits per heavy atom. The third-order valence-electron chi connectivity index (χ3n) is 4.93. The molecule has 0 aliphatic carbocycles. The number of amides is 1. The summed E-state index contributed by atoms with van der Waals surface area (Å²) in [6.45, 7) is 3.33. The molecule has 0 saturated carbocycles. The van der Waals surface area contributed by atoms with Crippen molar-refractivity contribution >= 4 is 17.7 Å². The minimum atomic E-state index is -0.0941. The second-order valence-electron chi connectivity index (χ2n) is 6.95. The zero-order valence-corrected chi connectivity index (χ0v) is 16.3. The first kappa shape index (κ1) is 18.8. The van der Waals surface area contributed by atoms with Crippen LogP contribution in [0, 0.1) is 0 Å². The number of rotatable bonds is 5. The lowest BCUT2D eigenvalue weighted by Crippen LogP contribution is -2.49. The van der Waals surface area contributed by atoms with Crippen LogP contribution >= 0.6 is 0 Å². The van der Waals surface area contributed by atoms with Crippen molar-refractivity contribution in [1.82, 2.24) is 25.1 Å². The van der Waals surface area contributed by atoms with Crippen LogP contribution in [0.15, 0.2) is 60.9 Å². The van der Waals surface area contributed by atoms with E-state index in [9.17, 15) is 4.79 Å². The van der Waals surface area contributed by atoms with Crippen LogP contribution in [0.25, 0.3) is 0 Å². The summed E-state index contributed by atoms with van der Waals surface area (Å²) >= 11 is 0. The first-order valence-corrected chi connectivity index (χ1v) is 9.61. The highest BCUT2D eigenvalue weighted by atomic mass is 16.2. The van der Waals surface area contributed by atoms with Gasteiger partial charge in [0.05, 0.1) is 0 Å². The van der Waals surface area contributed by atoms with Crippen molar-refractivity contribution < 1.29 is 4.79 Å². The largest absolute Gasteiger partial charge is 0.354 e. The topological polar surface area (TPSA) is 78.4 Å². The summed E-state index contributed by atoms with van der Waals surface area (Å²) in [5.41, 5.74) is 1.56. The molecule has 0 spiro atoms. The third-order valence-corrected chi connectivity index (χ3v) is 4.93. The normalized spacial score (nSPS) is 14.0. The molecule has 148 valence electrons. The number of carbonyl (C=O) groups is 1. The molecule has 29 heavy (non-hydrogen) atoms. The van der Waals surface area contributed by atoms with Crippen molar-refractivity contribution in [3.8, 4) is 0 Å². The molecular formula is C21H23N7O. The average Bonchev–Trinajstić information content (AvgIpc) is 2.80. The SMILES string of the molecule is CN(Cc1ccccc1)c1ccc(C(=O)N2CCN(c3ncccn3)CC2)nn1. The smallest absolute Gasteiger partial charge is 0.274 e. The van der Waals surface area contributed by atoms with E-state index in [0.29, 0.717) is 37.8 Å². The fourth-order valence-corrected chi connectivity index (χ4v) is 3.31. The van der Waals surface area contributed by atoms with Gasteiger partial charge in [-0.05, 0) is 23.8 Å². The fraction of sp³-hybridized carbons (Fsp3) is 0.286. The molecule has 0 atom stereocenters. The van der Waals surface area contributed by atoms with Gasteiger partial charge in [-0.15, -0.1) is 10.2 Å². The van der Waals surface area contributed by atoms with E-state index in [1.165, 1.54) is 5.56 Å². The van der Waals surface area contributed by atoms with Crippen LogP contribution in [0.5, 0.6) is 0 Å². The Bertz CT molecular complexity index is 926. The van der Waals surface area contributed by atoms with Crippen molar-refractivity contribution in [3.05, 3.63) is 72.2 Å². The Morgan fingerprint density at radius 2 is 1.66 bits per heavy atom. The maximum absolute atomic E-state index is 12.8. The van der Waals surface area contributed by atoms with Crippen molar-refractivity contribution in [1.29, 1.82) is 0 Å². The zero-order valence-electron chi connectivity index (χ0n) is 16.3. The molecule has 1 saturated heterocycles. The lowest BCUT2D eigenvalue weighted by molar-refractivity contribution is 0.0739. The molecule has 2 aromatic heterocycles. The van der Waals surface area contributed by atoms with Gasteiger partial charge in [-0.25, -0.2) is 9.97 Å². The molecule has 1 aromatic carbocycles. The van der Waals surface area contributed by atoms with Gasteiger partial charge in [0, 0.05) is 52.2 Å². The summed E-state index contributed by atoms with van der Waals surface area (Å²) in [4.78, 5) is 27.2. The first-order valence-electron chi connectivity index (χ1n) is 9.61. The lowest BCUT2D eigenvalue weighted by atomic mass is 10.2. The van der Waals surface area contributed by atoms with E-state index in [4.69, 9.17) is 0 Å². The van der Waals surface area contributed by atoms with E-state index < -0.39 is 0 Å². The van der Waals surface area contributed by atoms with Crippen LogP contribution in [0.1, 0.15) is 16.1 Å². The molecule has 0 N–H and O–H groups in total. The second-order valence-corrected chi connectivity index (χ2v) is 6.95. The number of nitrogens with zero attached hydrogens (tertiary/aromatic N) is 7. The predicted molar refractivity (Wildman–Crippen MR) is 111 cm³/mol. The summed E-state index contributed by atoms with van der Waals surface area (Å²) in [6.07, 6.45) is 3.46. The summed E-state index contributed by atoms with van der Waals surface area (Å²) in [5, 5.41) is 8.42. The van der Waals surface area contributed by atoms with Crippen molar-refractivity contribution in [2.75, 3.05) is 43.0 Å². The van der Waals surface area contributed by atoms with Gasteiger partial charge in [0.25, 0.3) is 5.91 Å². The van der Waals surface area contributed by atoms with Gasteiger partial charge >= 0.3 is 0 Å². The monoisotopic (exact) mass is 389 g/mol. The summed E-state index contributed by atoms with van der Waals surface area (Å²) < 4.78 is 0. The number of hydrogen-bond donors (Lipinski definition) is 0. The van der Waals surface area contributed by atoms with Gasteiger partial charge < -0.3 is 14.7 Å². The van der Waals surface area contributed by atoms with E-state index in [1.807, 2.05) is 36.2 Å². The minimum absolute atomic E-state index is 0.0941. The van der Waals surface area contributed by atoms with Crippen molar-refractivity contribution in [2.24, 2.45) is 0 Å². The van der Waals surface area contributed by atoms with E-state index in [2.05, 4.69) is 37.2 Å². The Labute approximate surface area is 169 Å². The van der Waals surface area contributed by atoms with Crippen LogP contribution in [-0.2, 0) is 6.54 Å². The molecule has 4 rings (SSSR count). The second kappa shape index (κ2) is 8.64.